The molecule has 0 saturated heterocycles. The highest BCUT2D eigenvalue weighted by Gasteiger charge is 2.10. The Morgan fingerprint density at radius 1 is 1.33 bits per heavy atom. The van der Waals surface area contributed by atoms with E-state index >= 15 is 0 Å². The molecule has 15 heavy (non-hydrogen) atoms. The molecule has 4 nitrogen and oxygen atoms in total. The van der Waals surface area contributed by atoms with E-state index in [0.717, 1.165) is 0 Å². The number of hydrogen-bond donors (Lipinski definition) is 2. The van der Waals surface area contributed by atoms with Crippen molar-refractivity contribution in [3.8, 4) is 0 Å². The van der Waals surface area contributed by atoms with Crippen LogP contribution in [0.5, 0.6) is 0 Å². The summed E-state index contributed by atoms with van der Waals surface area (Å²) in [6.07, 6.45) is 0. The normalized spacial score (nSPS) is 9.47. The van der Waals surface area contributed by atoms with Gasteiger partial charge in [-0.1, -0.05) is 12.1 Å². The molecule has 0 aromatic heterocycles. The van der Waals surface area contributed by atoms with E-state index in [0.29, 0.717) is 0 Å². The second kappa shape index (κ2) is 5.09. The Bertz CT molecular complexity index is 379. The van der Waals surface area contributed by atoms with Crippen LogP contribution in [0.25, 0.3) is 0 Å². The first-order chi connectivity index (χ1) is 7.15. The lowest BCUT2D eigenvalue weighted by Gasteiger charge is -2.04. The molecule has 0 spiro atoms. The number of nitrogens with one attached hydrogen (secondary N) is 2. The quantitative estimate of drug-likeness (QED) is 0.754. The van der Waals surface area contributed by atoms with Crippen LogP contribution in [0.4, 0.5) is 4.39 Å². The van der Waals surface area contributed by atoms with Gasteiger partial charge in [-0.3, -0.25) is 9.59 Å². The molecule has 2 amide bonds. The van der Waals surface area contributed by atoms with Crippen LogP contribution in [0.1, 0.15) is 10.4 Å². The maximum atomic E-state index is 13.1. The third-order valence-corrected chi connectivity index (χ3v) is 1.81. The van der Waals surface area contributed by atoms with Gasteiger partial charge in [0.2, 0.25) is 5.91 Å². The molecule has 0 aliphatic rings. The third-order valence-electron chi connectivity index (χ3n) is 1.81. The number of hydrogen-bond acceptors (Lipinski definition) is 2. The molecule has 0 heterocycles. The highest BCUT2D eigenvalue weighted by atomic mass is 19.1. The maximum Gasteiger partial charge on any atom is 0.254 e. The SMILES string of the molecule is CNC(=O)CNC(=O)c1ccccc1F. The number of carbonyl (C=O) groups excluding carboxylic acids is 2. The Morgan fingerprint density at radius 3 is 2.60 bits per heavy atom. The predicted octanol–water partition coefficient (Wildman–Crippen LogP) is 0.301. The standard InChI is InChI=1S/C10H11FN2O2/c1-12-9(14)6-13-10(15)7-4-2-3-5-8(7)11/h2-5H,6H2,1H3,(H,12,14)(H,13,15). The summed E-state index contributed by atoms with van der Waals surface area (Å²) in [5, 5.41) is 4.64. The molecule has 0 saturated carbocycles. The van der Waals surface area contributed by atoms with Gasteiger partial charge in [0.25, 0.3) is 5.91 Å². The van der Waals surface area contributed by atoms with Gasteiger partial charge in [-0.05, 0) is 12.1 Å². The van der Waals surface area contributed by atoms with E-state index in [2.05, 4.69) is 10.6 Å². The van der Waals surface area contributed by atoms with E-state index in [-0.39, 0.29) is 18.0 Å². The van der Waals surface area contributed by atoms with Gasteiger partial charge in [-0.25, -0.2) is 4.39 Å². The van der Waals surface area contributed by atoms with Gasteiger partial charge in [-0.15, -0.1) is 0 Å². The molecule has 0 aliphatic carbocycles. The molecule has 0 fully saturated rings. The molecule has 0 aliphatic heterocycles. The lowest BCUT2D eigenvalue weighted by Crippen LogP contribution is -2.35. The van der Waals surface area contributed by atoms with Gasteiger partial charge in [0.15, 0.2) is 0 Å². The Kier molecular flexibility index (Phi) is 3.79. The second-order valence-corrected chi connectivity index (χ2v) is 2.84. The minimum Gasteiger partial charge on any atom is -0.358 e. The molecule has 5 heteroatoms. The Hall–Kier alpha value is -1.91. The largest absolute Gasteiger partial charge is 0.358 e. The second-order valence-electron chi connectivity index (χ2n) is 2.84. The van der Waals surface area contributed by atoms with Crippen molar-refractivity contribution in [2.45, 2.75) is 0 Å². The van der Waals surface area contributed by atoms with Gasteiger partial charge in [-0.2, -0.15) is 0 Å². The molecule has 1 rings (SSSR count). The summed E-state index contributed by atoms with van der Waals surface area (Å²) >= 11 is 0. The lowest BCUT2D eigenvalue weighted by molar-refractivity contribution is -0.119. The summed E-state index contributed by atoms with van der Waals surface area (Å²) < 4.78 is 13.1. The highest BCUT2D eigenvalue weighted by molar-refractivity contribution is 5.96. The van der Waals surface area contributed by atoms with Crippen LogP contribution >= 0.6 is 0 Å². The Morgan fingerprint density at radius 2 is 2.00 bits per heavy atom. The molecule has 1 aromatic rings. The van der Waals surface area contributed by atoms with Crippen LogP contribution in [-0.2, 0) is 4.79 Å². The first kappa shape index (κ1) is 11.2. The van der Waals surface area contributed by atoms with Crippen molar-refractivity contribution < 1.29 is 14.0 Å². The summed E-state index contributed by atoms with van der Waals surface area (Å²) in [7, 11) is 1.46. The van der Waals surface area contributed by atoms with Gasteiger partial charge in [0, 0.05) is 7.05 Å². The van der Waals surface area contributed by atoms with E-state index < -0.39 is 11.7 Å². The van der Waals surface area contributed by atoms with Gasteiger partial charge in [0.1, 0.15) is 5.82 Å². The summed E-state index contributed by atoms with van der Waals surface area (Å²) in [5.74, 6) is -1.54. The van der Waals surface area contributed by atoms with Gasteiger partial charge >= 0.3 is 0 Å². The van der Waals surface area contributed by atoms with Crippen LogP contribution in [0.3, 0.4) is 0 Å². The zero-order valence-corrected chi connectivity index (χ0v) is 8.21. The fourth-order valence-electron chi connectivity index (χ4n) is 0.990. The number of benzene rings is 1. The van der Waals surface area contributed by atoms with Crippen molar-refractivity contribution in [1.29, 1.82) is 0 Å². The molecule has 80 valence electrons. The minimum atomic E-state index is -0.605. The van der Waals surface area contributed by atoms with Crippen molar-refractivity contribution >= 4 is 11.8 Å². The van der Waals surface area contributed by atoms with Crippen molar-refractivity contribution in [2.75, 3.05) is 13.6 Å². The highest BCUT2D eigenvalue weighted by Crippen LogP contribution is 2.05. The number of rotatable bonds is 3. The van der Waals surface area contributed by atoms with Crippen molar-refractivity contribution in [3.05, 3.63) is 35.6 Å². The first-order valence-corrected chi connectivity index (χ1v) is 4.38. The predicted molar refractivity (Wildman–Crippen MR) is 52.8 cm³/mol. The number of carbonyl (C=O) groups is 2. The summed E-state index contributed by atoms with van der Waals surface area (Å²) in [6.45, 7) is -0.163. The maximum absolute atomic E-state index is 13.1. The van der Waals surface area contributed by atoms with Crippen LogP contribution < -0.4 is 10.6 Å². The topological polar surface area (TPSA) is 58.2 Å². The molecule has 0 radical (unpaired) electrons. The van der Waals surface area contributed by atoms with Crippen LogP contribution in [0, 0.1) is 5.82 Å². The minimum absolute atomic E-state index is 0.0681. The van der Waals surface area contributed by atoms with Crippen molar-refractivity contribution in [1.82, 2.24) is 10.6 Å². The zero-order valence-electron chi connectivity index (χ0n) is 8.21. The van der Waals surface area contributed by atoms with E-state index in [1.165, 1.54) is 25.2 Å². The van der Waals surface area contributed by atoms with Crippen molar-refractivity contribution in [3.63, 3.8) is 0 Å². The lowest BCUT2D eigenvalue weighted by atomic mass is 10.2. The molecular formula is C10H11FN2O2. The summed E-state index contributed by atoms with van der Waals surface area (Å²) in [5.41, 5.74) is -0.0681. The Balaban J connectivity index is 2.62. The number of amides is 2. The van der Waals surface area contributed by atoms with E-state index in [9.17, 15) is 14.0 Å². The van der Waals surface area contributed by atoms with Gasteiger partial charge in [0.05, 0.1) is 12.1 Å². The molecule has 0 unspecified atom stereocenters. The Labute approximate surface area is 86.5 Å². The van der Waals surface area contributed by atoms with Crippen LogP contribution in [0.2, 0.25) is 0 Å². The van der Waals surface area contributed by atoms with Crippen molar-refractivity contribution in [2.24, 2.45) is 0 Å². The van der Waals surface area contributed by atoms with Crippen LogP contribution in [-0.4, -0.2) is 25.4 Å². The smallest absolute Gasteiger partial charge is 0.254 e. The molecule has 1 aromatic carbocycles. The monoisotopic (exact) mass is 210 g/mol. The molecule has 0 atom stereocenters. The number of likely N-dealkylation sites (N-methyl/N-ethyl adjacent to an activating group) is 1. The van der Waals surface area contributed by atoms with Gasteiger partial charge < -0.3 is 10.6 Å². The molecule has 2 N–H and O–H groups in total. The summed E-state index contributed by atoms with van der Waals surface area (Å²) in [4.78, 5) is 22.2. The first-order valence-electron chi connectivity index (χ1n) is 4.38. The average molecular weight is 210 g/mol. The summed E-state index contributed by atoms with van der Waals surface area (Å²) in [6, 6.07) is 5.59. The molecular weight excluding hydrogens is 199 g/mol. The van der Waals surface area contributed by atoms with Crippen LogP contribution in [0.15, 0.2) is 24.3 Å². The molecule has 0 bridgehead atoms. The fraction of sp³-hybridized carbons (Fsp3) is 0.200. The average Bonchev–Trinajstić information content (AvgIpc) is 2.26. The zero-order chi connectivity index (χ0) is 11.3. The van der Waals surface area contributed by atoms with E-state index in [4.69, 9.17) is 0 Å². The van der Waals surface area contributed by atoms with E-state index in [1.54, 1.807) is 6.07 Å². The number of halogens is 1. The third kappa shape index (κ3) is 3.05. The fourth-order valence-corrected chi connectivity index (χ4v) is 0.990. The van der Waals surface area contributed by atoms with E-state index in [1.807, 2.05) is 0 Å².